The number of aliphatic carboxylic acids is 1. The molecule has 0 saturated carbocycles. The zero-order valence-corrected chi connectivity index (χ0v) is 8.13. The van der Waals surface area contributed by atoms with E-state index in [9.17, 15) is 4.79 Å². The van der Waals surface area contributed by atoms with Crippen molar-refractivity contribution in [1.82, 2.24) is 0 Å². The van der Waals surface area contributed by atoms with E-state index < -0.39 is 5.97 Å². The lowest BCUT2D eigenvalue weighted by atomic mass is 10.2. The number of carboxylic acid groups (broad SMARTS) is 1. The second-order valence-corrected chi connectivity index (χ2v) is 2.84. The fourth-order valence-corrected chi connectivity index (χ4v) is 1.05. The molecule has 0 amide bonds. The third-order valence-electron chi connectivity index (χ3n) is 1.47. The quantitative estimate of drug-likeness (QED) is 0.719. The van der Waals surface area contributed by atoms with Crippen LogP contribution in [0.5, 0.6) is 5.75 Å². The smallest absolute Gasteiger partial charge is 0.382 e. The van der Waals surface area contributed by atoms with E-state index in [1.54, 1.807) is 18.2 Å². The zero-order valence-electron chi connectivity index (χ0n) is 7.37. The molecule has 1 N–H and O–H groups in total. The number of hydrogen-bond acceptors (Lipinski definition) is 2. The van der Waals surface area contributed by atoms with Crippen molar-refractivity contribution in [3.63, 3.8) is 0 Å². The Morgan fingerprint density at radius 1 is 1.57 bits per heavy atom. The van der Waals surface area contributed by atoms with Crippen molar-refractivity contribution in [1.29, 1.82) is 0 Å². The van der Waals surface area contributed by atoms with Gasteiger partial charge in [-0.25, -0.2) is 4.79 Å². The van der Waals surface area contributed by atoms with E-state index >= 15 is 0 Å². The maximum absolute atomic E-state index is 10.2. The van der Waals surface area contributed by atoms with Crippen LogP contribution in [0.25, 0.3) is 0 Å². The minimum absolute atomic E-state index is 0.464. The average molecular weight is 211 g/mol. The van der Waals surface area contributed by atoms with E-state index in [1.807, 2.05) is 5.92 Å². The largest absolute Gasteiger partial charge is 0.495 e. The first-order valence-corrected chi connectivity index (χ1v) is 4.10. The van der Waals surface area contributed by atoms with Crippen molar-refractivity contribution >= 4 is 17.6 Å². The molecule has 0 aliphatic heterocycles. The van der Waals surface area contributed by atoms with Gasteiger partial charge in [0.25, 0.3) is 0 Å². The van der Waals surface area contributed by atoms with Gasteiger partial charge in [-0.15, -0.1) is 0 Å². The summed E-state index contributed by atoms with van der Waals surface area (Å²) in [5.74, 6) is 3.74. The number of ether oxygens (including phenoxy) is 1. The second-order valence-electron chi connectivity index (χ2n) is 2.40. The number of carbonyl (C=O) groups is 1. The highest BCUT2D eigenvalue weighted by molar-refractivity contribution is 6.30. The lowest BCUT2D eigenvalue weighted by molar-refractivity contribution is -0.130. The van der Waals surface area contributed by atoms with Crippen LogP contribution in [-0.2, 0) is 4.79 Å². The molecule has 0 bridgehead atoms. The molecule has 0 unspecified atom stereocenters. The molecule has 1 aromatic carbocycles. The van der Waals surface area contributed by atoms with Crippen LogP contribution in [0, 0.1) is 11.8 Å². The van der Waals surface area contributed by atoms with Gasteiger partial charge < -0.3 is 9.84 Å². The Labute approximate surface area is 86.3 Å². The Morgan fingerprint density at radius 3 is 2.86 bits per heavy atom. The summed E-state index contributed by atoms with van der Waals surface area (Å²) in [7, 11) is 1.47. The van der Waals surface area contributed by atoms with Crippen molar-refractivity contribution in [3.8, 4) is 17.6 Å². The van der Waals surface area contributed by atoms with Gasteiger partial charge in [0.15, 0.2) is 0 Å². The van der Waals surface area contributed by atoms with Crippen LogP contribution in [-0.4, -0.2) is 18.2 Å². The summed E-state index contributed by atoms with van der Waals surface area (Å²) in [5, 5.41) is 8.87. The molecular formula is C10H7ClO3. The predicted molar refractivity (Wildman–Crippen MR) is 52.5 cm³/mol. The van der Waals surface area contributed by atoms with Crippen LogP contribution in [0.1, 0.15) is 5.56 Å². The summed E-state index contributed by atoms with van der Waals surface area (Å²) in [4.78, 5) is 10.2. The van der Waals surface area contributed by atoms with Crippen molar-refractivity contribution < 1.29 is 14.6 Å². The van der Waals surface area contributed by atoms with E-state index in [1.165, 1.54) is 7.11 Å². The number of methoxy groups -OCH3 is 1. The second kappa shape index (κ2) is 4.54. The van der Waals surface area contributed by atoms with Crippen molar-refractivity contribution in [2.75, 3.05) is 7.11 Å². The molecule has 0 atom stereocenters. The van der Waals surface area contributed by atoms with E-state index in [-0.39, 0.29) is 0 Å². The molecule has 1 rings (SSSR count). The third-order valence-corrected chi connectivity index (χ3v) is 1.70. The molecule has 0 spiro atoms. The Morgan fingerprint density at radius 2 is 2.29 bits per heavy atom. The number of benzene rings is 1. The topological polar surface area (TPSA) is 46.5 Å². The molecule has 0 aliphatic carbocycles. The van der Waals surface area contributed by atoms with Gasteiger partial charge in [0.05, 0.1) is 12.7 Å². The Bertz CT molecular complexity index is 415. The SMILES string of the molecule is COc1cc(Cl)ccc1C#CC(=O)O. The summed E-state index contributed by atoms with van der Waals surface area (Å²) in [5.41, 5.74) is 0.499. The molecule has 0 saturated heterocycles. The lowest BCUT2D eigenvalue weighted by Gasteiger charge is -2.02. The summed E-state index contributed by atoms with van der Waals surface area (Å²) >= 11 is 5.71. The maximum atomic E-state index is 10.2. The molecular weight excluding hydrogens is 204 g/mol. The normalized spacial score (nSPS) is 8.71. The zero-order chi connectivity index (χ0) is 10.6. The van der Waals surface area contributed by atoms with Crippen molar-refractivity contribution in [2.45, 2.75) is 0 Å². The van der Waals surface area contributed by atoms with Crippen LogP contribution in [0.15, 0.2) is 18.2 Å². The fraction of sp³-hybridized carbons (Fsp3) is 0.100. The van der Waals surface area contributed by atoms with E-state index in [0.717, 1.165) is 0 Å². The summed E-state index contributed by atoms with van der Waals surface area (Å²) in [6.07, 6.45) is 0. The molecule has 0 fully saturated rings. The van der Waals surface area contributed by atoms with Gasteiger partial charge in [-0.2, -0.15) is 0 Å². The van der Waals surface area contributed by atoms with Crippen molar-refractivity contribution in [3.05, 3.63) is 28.8 Å². The van der Waals surface area contributed by atoms with Crippen LogP contribution in [0.4, 0.5) is 0 Å². The monoisotopic (exact) mass is 210 g/mol. The number of rotatable bonds is 1. The van der Waals surface area contributed by atoms with Crippen LogP contribution >= 0.6 is 11.6 Å². The van der Waals surface area contributed by atoms with Gasteiger partial charge in [-0.1, -0.05) is 17.5 Å². The van der Waals surface area contributed by atoms with E-state index in [0.29, 0.717) is 16.3 Å². The first-order valence-electron chi connectivity index (χ1n) is 3.72. The molecule has 1 aromatic rings. The highest BCUT2D eigenvalue weighted by Gasteiger charge is 2.00. The fourth-order valence-electron chi connectivity index (χ4n) is 0.889. The van der Waals surface area contributed by atoms with Gasteiger partial charge in [-0.3, -0.25) is 0 Å². The van der Waals surface area contributed by atoms with Crippen molar-refractivity contribution in [2.24, 2.45) is 0 Å². The predicted octanol–water partition coefficient (Wildman–Crippen LogP) is 1.78. The Hall–Kier alpha value is -1.66. The lowest BCUT2D eigenvalue weighted by Crippen LogP contribution is -1.90. The highest BCUT2D eigenvalue weighted by Crippen LogP contribution is 2.21. The summed E-state index contributed by atoms with van der Waals surface area (Å²) in [6, 6.07) is 4.81. The first-order chi connectivity index (χ1) is 6.63. The molecule has 3 nitrogen and oxygen atoms in total. The van der Waals surface area contributed by atoms with E-state index in [4.69, 9.17) is 21.4 Å². The number of carboxylic acids is 1. The van der Waals surface area contributed by atoms with Gasteiger partial charge >= 0.3 is 5.97 Å². The Kier molecular flexibility index (Phi) is 3.38. The minimum atomic E-state index is -1.18. The minimum Gasteiger partial charge on any atom is -0.495 e. The summed E-state index contributed by atoms with van der Waals surface area (Å²) in [6.45, 7) is 0. The van der Waals surface area contributed by atoms with Gasteiger partial charge in [-0.05, 0) is 12.1 Å². The van der Waals surface area contributed by atoms with Gasteiger partial charge in [0.1, 0.15) is 5.75 Å². The molecule has 0 heterocycles. The molecule has 0 aromatic heterocycles. The molecule has 14 heavy (non-hydrogen) atoms. The van der Waals surface area contributed by atoms with Crippen LogP contribution in [0.2, 0.25) is 5.02 Å². The van der Waals surface area contributed by atoms with E-state index in [2.05, 4.69) is 5.92 Å². The first kappa shape index (κ1) is 10.4. The standard InChI is InChI=1S/C10H7ClO3/c1-14-9-6-8(11)4-2-7(9)3-5-10(12)13/h2,4,6H,1H3,(H,12,13). The molecule has 72 valence electrons. The van der Waals surface area contributed by atoms with Crippen LogP contribution < -0.4 is 4.74 Å². The van der Waals surface area contributed by atoms with Gasteiger partial charge in [0, 0.05) is 17.0 Å². The molecule has 0 radical (unpaired) electrons. The maximum Gasteiger partial charge on any atom is 0.382 e. The molecule has 4 heteroatoms. The van der Waals surface area contributed by atoms with Crippen LogP contribution in [0.3, 0.4) is 0 Å². The Balaban J connectivity index is 3.10. The summed E-state index contributed by atoms with van der Waals surface area (Å²) < 4.78 is 4.98. The van der Waals surface area contributed by atoms with Gasteiger partial charge in [0.2, 0.25) is 0 Å². The molecule has 0 aliphatic rings. The highest BCUT2D eigenvalue weighted by atomic mass is 35.5. The third kappa shape index (κ3) is 2.68. The average Bonchev–Trinajstić information content (AvgIpc) is 2.15. The number of hydrogen-bond donors (Lipinski definition) is 1. The number of halogens is 1.